The van der Waals surface area contributed by atoms with Crippen molar-refractivity contribution in [3.05, 3.63) is 0 Å². The van der Waals surface area contributed by atoms with E-state index >= 15 is 0 Å². The number of hydrogen-bond acceptors (Lipinski definition) is 4. The minimum absolute atomic E-state index is 0. The molecule has 0 aromatic rings. The van der Waals surface area contributed by atoms with Gasteiger partial charge in [-0.2, -0.15) is 0 Å². The molecule has 5 heteroatoms. The monoisotopic (exact) mass is 272 g/mol. The van der Waals surface area contributed by atoms with Crippen LogP contribution in [0.25, 0.3) is 0 Å². The third-order valence-electron chi connectivity index (χ3n) is 0.787. The maximum Gasteiger partial charge on any atom is -0.870 e. The molecule has 0 aromatic carbocycles. The van der Waals surface area contributed by atoms with Gasteiger partial charge in [0.05, 0.1) is 0 Å². The summed E-state index contributed by atoms with van der Waals surface area (Å²) in [4.78, 5) is 0. The molecule has 0 rings (SSSR count). The fourth-order valence-corrected chi connectivity index (χ4v) is 3.21. The van der Waals surface area contributed by atoms with Gasteiger partial charge in [0.15, 0.2) is 0 Å². The van der Waals surface area contributed by atoms with Crippen LogP contribution in [0.4, 0.5) is 0 Å². The molecule has 0 atom stereocenters. The molecule has 0 bridgehead atoms. The molecule has 0 radical (unpaired) electrons. The molecule has 68 valence electrons. The van der Waals surface area contributed by atoms with Crippen LogP contribution in [0.2, 0.25) is 0 Å². The van der Waals surface area contributed by atoms with E-state index in [9.17, 15) is 0 Å². The summed E-state index contributed by atoms with van der Waals surface area (Å²) in [7, 11) is 0. The average Bonchev–Trinajstić information content (AvgIpc) is 1.90. The molecule has 0 aliphatic rings. The molecule has 0 aromatic heterocycles. The summed E-state index contributed by atoms with van der Waals surface area (Å²) in [5.74, 6) is 0. The number of rotatable bonds is 6. The Hall–Kier alpha value is 0.639. The fourth-order valence-electron chi connectivity index (χ4n) is 0.479. The van der Waals surface area contributed by atoms with Crippen molar-refractivity contribution in [1.29, 1.82) is 0 Å². The SMILES string of the molecule is CC[O][Sn+]([O]CC)[O]CC.[OH-]. The van der Waals surface area contributed by atoms with Crippen LogP contribution in [0.3, 0.4) is 0 Å². The van der Waals surface area contributed by atoms with Crippen LogP contribution < -0.4 is 0 Å². The summed E-state index contributed by atoms with van der Waals surface area (Å²) in [5.41, 5.74) is 0. The minimum Gasteiger partial charge on any atom is -0.870 e. The van der Waals surface area contributed by atoms with E-state index in [1.165, 1.54) is 0 Å². The standard InChI is InChI=1S/3C2H5O.H2O.Sn/c3*1-2-3;;/h3*2H2,1H3;1H2;/q3*-1;;+4/p-1. The normalized spacial score (nSPS) is 9.00. The fraction of sp³-hybridized carbons (Fsp3) is 1.00. The van der Waals surface area contributed by atoms with E-state index in [-0.39, 0.29) is 5.48 Å². The number of hydrogen-bond donors (Lipinski definition) is 0. The Bertz CT molecular complexity index is 57.3. The van der Waals surface area contributed by atoms with Crippen molar-refractivity contribution in [2.75, 3.05) is 19.8 Å². The van der Waals surface area contributed by atoms with Crippen molar-refractivity contribution in [3.8, 4) is 0 Å². The summed E-state index contributed by atoms with van der Waals surface area (Å²) in [6.07, 6.45) is 0. The quantitative estimate of drug-likeness (QED) is 0.673. The first kappa shape index (κ1) is 14.2. The average molecular weight is 271 g/mol. The van der Waals surface area contributed by atoms with Gasteiger partial charge in [-0.05, 0) is 0 Å². The summed E-state index contributed by atoms with van der Waals surface area (Å²) in [5, 5.41) is 0. The van der Waals surface area contributed by atoms with E-state index in [1.807, 2.05) is 20.8 Å². The molecular weight excluding hydrogens is 255 g/mol. The van der Waals surface area contributed by atoms with Crippen LogP contribution in [0.5, 0.6) is 0 Å². The van der Waals surface area contributed by atoms with E-state index in [0.29, 0.717) is 19.8 Å². The second kappa shape index (κ2) is 10.6. The molecule has 0 aliphatic carbocycles. The van der Waals surface area contributed by atoms with Crippen LogP contribution in [0.15, 0.2) is 0 Å². The van der Waals surface area contributed by atoms with E-state index in [4.69, 9.17) is 9.22 Å². The summed E-state index contributed by atoms with van der Waals surface area (Å²) in [6, 6.07) is 0. The van der Waals surface area contributed by atoms with Gasteiger partial charge in [0, 0.05) is 0 Å². The summed E-state index contributed by atoms with van der Waals surface area (Å²) >= 11 is -2.26. The van der Waals surface area contributed by atoms with Crippen molar-refractivity contribution in [2.45, 2.75) is 20.8 Å². The molecule has 0 spiro atoms. The zero-order valence-electron chi connectivity index (χ0n) is 7.29. The van der Waals surface area contributed by atoms with Crippen molar-refractivity contribution in [2.24, 2.45) is 0 Å². The van der Waals surface area contributed by atoms with Gasteiger partial charge in [-0.3, -0.25) is 0 Å². The predicted octanol–water partition coefficient (Wildman–Crippen LogP) is 0.904. The van der Waals surface area contributed by atoms with Gasteiger partial charge in [0.25, 0.3) is 0 Å². The second-order valence-electron chi connectivity index (χ2n) is 1.55. The first-order valence-corrected chi connectivity index (χ1v) is 7.10. The van der Waals surface area contributed by atoms with Gasteiger partial charge in [0.1, 0.15) is 0 Å². The van der Waals surface area contributed by atoms with Crippen molar-refractivity contribution in [3.63, 3.8) is 0 Å². The second-order valence-corrected chi connectivity index (χ2v) is 5.45. The molecule has 0 unspecified atom stereocenters. The molecule has 0 fully saturated rings. The Balaban J connectivity index is 0. The maximum atomic E-state index is 5.28. The molecule has 0 saturated heterocycles. The largest absolute Gasteiger partial charge is 0.870 e. The zero-order chi connectivity index (χ0) is 7.82. The first-order valence-electron chi connectivity index (χ1n) is 3.60. The van der Waals surface area contributed by atoms with Crippen LogP contribution in [0.1, 0.15) is 20.8 Å². The molecule has 1 N–H and O–H groups in total. The summed E-state index contributed by atoms with van der Waals surface area (Å²) < 4.78 is 15.8. The Kier molecular flexibility index (Phi) is 13.7. The van der Waals surface area contributed by atoms with Crippen molar-refractivity contribution in [1.82, 2.24) is 0 Å². The molecule has 0 amide bonds. The predicted molar refractivity (Wildman–Crippen MR) is 42.6 cm³/mol. The van der Waals surface area contributed by atoms with E-state index < -0.39 is 21.0 Å². The van der Waals surface area contributed by atoms with Gasteiger partial charge in [0.2, 0.25) is 0 Å². The van der Waals surface area contributed by atoms with Crippen LogP contribution in [-0.2, 0) is 9.22 Å². The minimum atomic E-state index is -2.26. The molecular formula is C6H16O4Sn. The van der Waals surface area contributed by atoms with E-state index in [1.54, 1.807) is 0 Å². The van der Waals surface area contributed by atoms with Gasteiger partial charge in [-0.1, -0.05) is 0 Å². The molecule has 0 heterocycles. The Morgan fingerprint density at radius 1 is 0.818 bits per heavy atom. The van der Waals surface area contributed by atoms with Gasteiger partial charge >= 0.3 is 70.8 Å². The third kappa shape index (κ3) is 8.55. The Morgan fingerprint density at radius 2 is 1.09 bits per heavy atom. The Morgan fingerprint density at radius 3 is 1.27 bits per heavy atom. The van der Waals surface area contributed by atoms with Gasteiger partial charge < -0.3 is 5.48 Å². The zero-order valence-corrected chi connectivity index (χ0v) is 10.1. The van der Waals surface area contributed by atoms with Crippen LogP contribution >= 0.6 is 0 Å². The smallest absolute Gasteiger partial charge is 0.870 e. The molecule has 0 saturated carbocycles. The van der Waals surface area contributed by atoms with Crippen LogP contribution in [0, 0.1) is 0 Å². The molecule has 4 nitrogen and oxygen atoms in total. The van der Waals surface area contributed by atoms with E-state index in [2.05, 4.69) is 0 Å². The van der Waals surface area contributed by atoms with E-state index in [0.717, 1.165) is 0 Å². The van der Waals surface area contributed by atoms with Crippen molar-refractivity contribution >= 4 is 21.0 Å². The molecule has 11 heavy (non-hydrogen) atoms. The molecule has 0 aliphatic heterocycles. The van der Waals surface area contributed by atoms with Gasteiger partial charge in [-0.25, -0.2) is 0 Å². The Labute approximate surface area is 76.5 Å². The van der Waals surface area contributed by atoms with Crippen LogP contribution in [-0.4, -0.2) is 46.3 Å². The maximum absolute atomic E-state index is 5.28. The first-order chi connectivity index (χ1) is 4.85. The topological polar surface area (TPSA) is 57.7 Å². The van der Waals surface area contributed by atoms with Crippen molar-refractivity contribution < 1.29 is 14.7 Å². The third-order valence-corrected chi connectivity index (χ3v) is 5.28. The van der Waals surface area contributed by atoms with Gasteiger partial charge in [-0.15, -0.1) is 0 Å². The summed E-state index contributed by atoms with van der Waals surface area (Å²) in [6.45, 7) is 7.98.